The van der Waals surface area contributed by atoms with E-state index in [2.05, 4.69) is 12.2 Å². The lowest BCUT2D eigenvalue weighted by molar-refractivity contribution is -0.144. The van der Waals surface area contributed by atoms with E-state index in [1.807, 2.05) is 11.8 Å². The molecule has 0 spiro atoms. The van der Waals surface area contributed by atoms with Gasteiger partial charge >= 0.3 is 0 Å². The highest BCUT2D eigenvalue weighted by Gasteiger charge is 2.42. The lowest BCUT2D eigenvalue weighted by Crippen LogP contribution is -2.53. The maximum absolute atomic E-state index is 13.0. The first-order chi connectivity index (χ1) is 9.88. The molecule has 0 aromatic rings. The van der Waals surface area contributed by atoms with Crippen LogP contribution in [-0.2, 0) is 14.6 Å². The highest BCUT2D eigenvalue weighted by atomic mass is 32.2. The average molecular weight is 316 g/mol. The minimum Gasteiger partial charge on any atom is -0.338 e. The van der Waals surface area contributed by atoms with Crippen LogP contribution in [0.3, 0.4) is 0 Å². The van der Waals surface area contributed by atoms with Crippen molar-refractivity contribution in [1.29, 1.82) is 0 Å². The SMILES string of the molecule is CCCCN(C(=O)C1(C)CCCNC1)C1CCS(=O)(=O)C1. The molecule has 0 aromatic carbocycles. The Morgan fingerprint density at radius 3 is 2.71 bits per heavy atom. The summed E-state index contributed by atoms with van der Waals surface area (Å²) in [5, 5.41) is 3.31. The van der Waals surface area contributed by atoms with E-state index in [-0.39, 0.29) is 28.9 Å². The normalized spacial score (nSPS) is 32.0. The third-order valence-corrected chi connectivity index (χ3v) is 6.53. The molecule has 2 unspecified atom stereocenters. The van der Waals surface area contributed by atoms with E-state index in [9.17, 15) is 13.2 Å². The molecular weight excluding hydrogens is 288 g/mol. The maximum Gasteiger partial charge on any atom is 0.230 e. The second kappa shape index (κ2) is 6.65. The van der Waals surface area contributed by atoms with Crippen LogP contribution < -0.4 is 5.32 Å². The van der Waals surface area contributed by atoms with Crippen LogP contribution in [0.5, 0.6) is 0 Å². The van der Waals surface area contributed by atoms with E-state index in [4.69, 9.17) is 0 Å². The van der Waals surface area contributed by atoms with E-state index >= 15 is 0 Å². The van der Waals surface area contributed by atoms with E-state index < -0.39 is 9.84 Å². The van der Waals surface area contributed by atoms with Gasteiger partial charge in [0.2, 0.25) is 5.91 Å². The molecule has 0 aliphatic carbocycles. The monoisotopic (exact) mass is 316 g/mol. The summed E-state index contributed by atoms with van der Waals surface area (Å²) >= 11 is 0. The van der Waals surface area contributed by atoms with Crippen molar-refractivity contribution in [3.05, 3.63) is 0 Å². The van der Waals surface area contributed by atoms with Crippen LogP contribution in [0.2, 0.25) is 0 Å². The van der Waals surface area contributed by atoms with E-state index in [1.165, 1.54) is 0 Å². The van der Waals surface area contributed by atoms with Gasteiger partial charge in [0.05, 0.1) is 16.9 Å². The lowest BCUT2D eigenvalue weighted by atomic mass is 9.81. The molecule has 5 nitrogen and oxygen atoms in total. The van der Waals surface area contributed by atoms with Crippen molar-refractivity contribution in [1.82, 2.24) is 10.2 Å². The van der Waals surface area contributed by atoms with Crippen molar-refractivity contribution in [3.63, 3.8) is 0 Å². The topological polar surface area (TPSA) is 66.5 Å². The number of piperidine rings is 1. The Kier molecular flexibility index (Phi) is 5.30. The Labute approximate surface area is 128 Å². The Hall–Kier alpha value is -0.620. The van der Waals surface area contributed by atoms with Crippen molar-refractivity contribution in [2.45, 2.75) is 52.0 Å². The van der Waals surface area contributed by atoms with Crippen LogP contribution in [0.4, 0.5) is 0 Å². The fourth-order valence-electron chi connectivity index (χ4n) is 3.39. The summed E-state index contributed by atoms with van der Waals surface area (Å²) in [6, 6.07) is -0.118. The van der Waals surface area contributed by atoms with Crippen molar-refractivity contribution < 1.29 is 13.2 Å². The predicted octanol–water partition coefficient (Wildman–Crippen LogP) is 1.19. The summed E-state index contributed by atoms with van der Waals surface area (Å²) < 4.78 is 23.5. The molecule has 0 radical (unpaired) electrons. The van der Waals surface area contributed by atoms with E-state index in [1.54, 1.807) is 0 Å². The van der Waals surface area contributed by atoms with Crippen LogP contribution in [0.15, 0.2) is 0 Å². The molecule has 2 aliphatic rings. The molecule has 0 bridgehead atoms. The van der Waals surface area contributed by atoms with Gasteiger partial charge in [-0.25, -0.2) is 8.42 Å². The number of hydrogen-bond donors (Lipinski definition) is 1. The zero-order valence-corrected chi connectivity index (χ0v) is 14.0. The standard InChI is InChI=1S/C15H28N2O3S/c1-3-4-9-17(13-6-10-21(19,20)11-13)14(18)15(2)7-5-8-16-12-15/h13,16H,3-12H2,1-2H3. The Balaban J connectivity index is 2.13. The van der Waals surface area contributed by atoms with E-state index in [0.717, 1.165) is 32.2 Å². The number of carbonyl (C=O) groups is 1. The number of nitrogens with zero attached hydrogens (tertiary/aromatic N) is 1. The molecule has 0 saturated carbocycles. The number of sulfone groups is 1. The maximum atomic E-state index is 13.0. The van der Waals surface area contributed by atoms with Gasteiger partial charge in [-0.3, -0.25) is 4.79 Å². The Morgan fingerprint density at radius 2 is 2.19 bits per heavy atom. The van der Waals surface area contributed by atoms with Crippen LogP contribution in [0.25, 0.3) is 0 Å². The molecular formula is C15H28N2O3S. The second-order valence-electron chi connectivity index (χ2n) is 6.75. The summed E-state index contributed by atoms with van der Waals surface area (Å²) in [6.07, 6.45) is 4.44. The number of nitrogens with one attached hydrogen (secondary N) is 1. The van der Waals surface area contributed by atoms with Crippen molar-refractivity contribution >= 4 is 15.7 Å². The van der Waals surface area contributed by atoms with Crippen molar-refractivity contribution in [3.8, 4) is 0 Å². The molecule has 2 saturated heterocycles. The lowest BCUT2D eigenvalue weighted by Gasteiger charge is -2.39. The van der Waals surface area contributed by atoms with Crippen molar-refractivity contribution in [2.75, 3.05) is 31.1 Å². The number of amides is 1. The van der Waals surface area contributed by atoms with Gasteiger partial charge in [0.1, 0.15) is 0 Å². The summed E-state index contributed by atoms with van der Waals surface area (Å²) in [4.78, 5) is 14.9. The Bertz CT molecular complexity index is 469. The average Bonchev–Trinajstić information content (AvgIpc) is 2.80. The highest BCUT2D eigenvalue weighted by molar-refractivity contribution is 7.91. The zero-order valence-electron chi connectivity index (χ0n) is 13.2. The minimum absolute atomic E-state index is 0.118. The first-order valence-electron chi connectivity index (χ1n) is 8.10. The summed E-state index contributed by atoms with van der Waals surface area (Å²) in [5.74, 6) is 0.513. The fraction of sp³-hybridized carbons (Fsp3) is 0.933. The molecule has 6 heteroatoms. The number of carbonyl (C=O) groups excluding carboxylic acids is 1. The van der Waals surface area contributed by atoms with Gasteiger partial charge in [-0.1, -0.05) is 13.3 Å². The fourth-order valence-corrected chi connectivity index (χ4v) is 5.12. The first-order valence-corrected chi connectivity index (χ1v) is 9.92. The van der Waals surface area contributed by atoms with Gasteiger partial charge in [0.25, 0.3) is 0 Å². The van der Waals surface area contributed by atoms with Gasteiger partial charge < -0.3 is 10.2 Å². The molecule has 2 heterocycles. The first kappa shape index (κ1) is 16.7. The van der Waals surface area contributed by atoms with Gasteiger partial charge in [-0.05, 0) is 39.2 Å². The number of rotatable bonds is 5. The third kappa shape index (κ3) is 3.97. The highest BCUT2D eigenvalue weighted by Crippen LogP contribution is 2.31. The summed E-state index contributed by atoms with van der Waals surface area (Å²) in [7, 11) is -2.96. The van der Waals surface area contributed by atoms with Gasteiger partial charge in [-0.2, -0.15) is 0 Å². The van der Waals surface area contributed by atoms with Crippen LogP contribution in [0.1, 0.15) is 46.0 Å². The third-order valence-electron chi connectivity index (χ3n) is 4.78. The molecule has 1 N–H and O–H groups in total. The predicted molar refractivity (Wildman–Crippen MR) is 83.9 cm³/mol. The van der Waals surface area contributed by atoms with Crippen molar-refractivity contribution in [2.24, 2.45) is 5.41 Å². The largest absolute Gasteiger partial charge is 0.338 e. The summed E-state index contributed by atoms with van der Waals surface area (Å²) in [6.45, 7) is 6.47. The minimum atomic E-state index is -2.96. The molecule has 21 heavy (non-hydrogen) atoms. The zero-order chi connectivity index (χ0) is 15.5. The molecule has 2 aliphatic heterocycles. The number of hydrogen-bond acceptors (Lipinski definition) is 4. The van der Waals surface area contributed by atoms with Gasteiger partial charge in [0, 0.05) is 19.1 Å². The molecule has 1 amide bonds. The van der Waals surface area contributed by atoms with Crippen LogP contribution in [-0.4, -0.2) is 56.4 Å². The molecule has 2 rings (SSSR count). The number of unbranched alkanes of at least 4 members (excludes halogenated alkanes) is 1. The van der Waals surface area contributed by atoms with E-state index in [0.29, 0.717) is 19.5 Å². The van der Waals surface area contributed by atoms with Crippen LogP contribution in [0, 0.1) is 5.41 Å². The Morgan fingerprint density at radius 1 is 1.43 bits per heavy atom. The van der Waals surface area contributed by atoms with Gasteiger partial charge in [-0.15, -0.1) is 0 Å². The smallest absolute Gasteiger partial charge is 0.230 e. The van der Waals surface area contributed by atoms with Crippen LogP contribution >= 0.6 is 0 Å². The molecule has 0 aromatic heterocycles. The molecule has 2 fully saturated rings. The van der Waals surface area contributed by atoms with Gasteiger partial charge in [0.15, 0.2) is 9.84 Å². The second-order valence-corrected chi connectivity index (χ2v) is 8.98. The quantitative estimate of drug-likeness (QED) is 0.827. The summed E-state index contributed by atoms with van der Waals surface area (Å²) in [5.41, 5.74) is -0.377. The molecule has 2 atom stereocenters. The molecule has 122 valence electrons.